The molecule has 2 N–H and O–H groups in total. The molecule has 0 unspecified atom stereocenters. The van der Waals surface area contributed by atoms with Crippen LogP contribution in [0.1, 0.15) is 115 Å². The second kappa shape index (κ2) is 19.0. The van der Waals surface area contributed by atoms with E-state index >= 15 is 0 Å². The van der Waals surface area contributed by atoms with Gasteiger partial charge in [-0.2, -0.15) is 0 Å². The van der Waals surface area contributed by atoms with E-state index < -0.39 is 23.6 Å². The largest absolute Gasteiger partial charge is 0.465 e. The molecule has 184 valence electrons. The van der Waals surface area contributed by atoms with E-state index in [-0.39, 0.29) is 6.42 Å². The van der Waals surface area contributed by atoms with Crippen LogP contribution in [0.5, 0.6) is 0 Å². The topological polar surface area (TPSA) is 52.3 Å². The van der Waals surface area contributed by atoms with E-state index in [0.29, 0.717) is 12.2 Å². The summed E-state index contributed by atoms with van der Waals surface area (Å²) in [6.45, 7) is 2.61. The Hall–Kier alpha value is -1.49. The second-order valence-electron chi connectivity index (χ2n) is 9.06. The van der Waals surface area contributed by atoms with Crippen LogP contribution in [0.3, 0.4) is 0 Å². The number of hydrogen-bond donors (Lipinski definition) is 1. The van der Waals surface area contributed by atoms with Crippen molar-refractivity contribution in [3.05, 3.63) is 35.4 Å². The summed E-state index contributed by atoms with van der Waals surface area (Å²) in [6.07, 6.45) is 20.8. The van der Waals surface area contributed by atoms with E-state index in [0.717, 1.165) is 25.3 Å². The highest BCUT2D eigenvalue weighted by atomic mass is 19.1. The maximum Gasteiger partial charge on any atom is 0.323 e. The van der Waals surface area contributed by atoms with Crippen LogP contribution in [0.15, 0.2) is 18.2 Å². The van der Waals surface area contributed by atoms with Crippen LogP contribution in [-0.2, 0) is 16.0 Å². The van der Waals surface area contributed by atoms with Gasteiger partial charge in [0, 0.05) is 6.07 Å². The lowest BCUT2D eigenvalue weighted by atomic mass is 10.0. The van der Waals surface area contributed by atoms with Gasteiger partial charge in [-0.3, -0.25) is 4.79 Å². The first-order valence-electron chi connectivity index (χ1n) is 12.9. The molecule has 32 heavy (non-hydrogen) atoms. The molecule has 0 saturated heterocycles. The standard InChI is InChI=1S/C27H45F2NO2/c1-2-3-4-5-6-7-8-9-10-11-12-13-14-15-16-17-18-32-27(31)26(30)21-23-19-24(28)22-25(29)20-23/h19-20,22,26H,2-18,21,30H2,1H3/t26-/m0/s1. The molecule has 0 heterocycles. The highest BCUT2D eigenvalue weighted by Crippen LogP contribution is 2.14. The van der Waals surface area contributed by atoms with Gasteiger partial charge in [0.1, 0.15) is 17.7 Å². The van der Waals surface area contributed by atoms with Crippen molar-refractivity contribution >= 4 is 5.97 Å². The lowest BCUT2D eigenvalue weighted by Gasteiger charge is -2.12. The van der Waals surface area contributed by atoms with Gasteiger partial charge in [-0.05, 0) is 30.5 Å². The molecule has 5 heteroatoms. The Morgan fingerprint density at radius 1 is 0.750 bits per heavy atom. The van der Waals surface area contributed by atoms with Gasteiger partial charge in [-0.25, -0.2) is 8.78 Å². The van der Waals surface area contributed by atoms with Gasteiger partial charge in [-0.1, -0.05) is 103 Å². The lowest BCUT2D eigenvalue weighted by Crippen LogP contribution is -2.34. The van der Waals surface area contributed by atoms with Crippen molar-refractivity contribution in [3.8, 4) is 0 Å². The Morgan fingerprint density at radius 2 is 1.16 bits per heavy atom. The number of nitrogens with two attached hydrogens (primary N) is 1. The van der Waals surface area contributed by atoms with Gasteiger partial charge in [0.2, 0.25) is 0 Å². The van der Waals surface area contributed by atoms with Gasteiger partial charge < -0.3 is 10.5 Å². The number of hydrogen-bond acceptors (Lipinski definition) is 3. The number of carbonyl (C=O) groups excluding carboxylic acids is 1. The zero-order valence-corrected chi connectivity index (χ0v) is 20.2. The summed E-state index contributed by atoms with van der Waals surface area (Å²) in [7, 11) is 0. The highest BCUT2D eigenvalue weighted by Gasteiger charge is 2.16. The predicted molar refractivity (Wildman–Crippen MR) is 129 cm³/mol. The van der Waals surface area contributed by atoms with Crippen LogP contribution in [0.25, 0.3) is 0 Å². The quantitative estimate of drug-likeness (QED) is 0.163. The number of benzene rings is 1. The van der Waals surface area contributed by atoms with Crippen LogP contribution in [0, 0.1) is 11.6 Å². The molecule has 1 rings (SSSR count). The number of unbranched alkanes of at least 4 members (excludes halogenated alkanes) is 15. The summed E-state index contributed by atoms with van der Waals surface area (Å²) in [5.41, 5.74) is 6.16. The Kier molecular flexibility index (Phi) is 17.0. The van der Waals surface area contributed by atoms with Gasteiger partial charge in [-0.15, -0.1) is 0 Å². The van der Waals surface area contributed by atoms with Gasteiger partial charge in [0.25, 0.3) is 0 Å². The van der Waals surface area contributed by atoms with Crippen LogP contribution in [0.4, 0.5) is 8.78 Å². The minimum absolute atomic E-state index is 0.0620. The summed E-state index contributed by atoms with van der Waals surface area (Å²) in [6, 6.07) is 2.26. The molecule has 1 aromatic rings. The van der Waals surface area contributed by atoms with Crippen molar-refractivity contribution in [2.24, 2.45) is 5.73 Å². The van der Waals surface area contributed by atoms with Gasteiger partial charge in [0.15, 0.2) is 0 Å². The SMILES string of the molecule is CCCCCCCCCCCCCCCCCCOC(=O)[C@@H](N)Cc1cc(F)cc(F)c1. The second-order valence-corrected chi connectivity index (χ2v) is 9.06. The summed E-state index contributed by atoms with van der Waals surface area (Å²) < 4.78 is 31.6. The molecule has 0 aliphatic rings. The molecule has 0 amide bonds. The molecule has 1 aromatic carbocycles. The molecule has 0 fully saturated rings. The normalized spacial score (nSPS) is 12.1. The van der Waals surface area contributed by atoms with Crippen LogP contribution in [0.2, 0.25) is 0 Å². The minimum atomic E-state index is -0.905. The number of ether oxygens (including phenoxy) is 1. The van der Waals surface area contributed by atoms with E-state index in [9.17, 15) is 13.6 Å². The highest BCUT2D eigenvalue weighted by molar-refractivity contribution is 5.75. The van der Waals surface area contributed by atoms with Crippen molar-refractivity contribution in [3.63, 3.8) is 0 Å². The predicted octanol–water partition coefficient (Wildman–Crippen LogP) is 7.64. The Bertz CT molecular complexity index is 589. The van der Waals surface area contributed by atoms with Crippen LogP contribution < -0.4 is 5.73 Å². The molecule has 0 saturated carbocycles. The first-order chi connectivity index (χ1) is 15.5. The average Bonchev–Trinajstić information content (AvgIpc) is 2.75. The zero-order chi connectivity index (χ0) is 23.4. The van der Waals surface area contributed by atoms with Crippen molar-refractivity contribution in [1.82, 2.24) is 0 Å². The third-order valence-corrected chi connectivity index (χ3v) is 5.92. The molecule has 3 nitrogen and oxygen atoms in total. The van der Waals surface area contributed by atoms with Crippen LogP contribution >= 0.6 is 0 Å². The van der Waals surface area contributed by atoms with Gasteiger partial charge in [0.05, 0.1) is 6.61 Å². The fraction of sp³-hybridized carbons (Fsp3) is 0.741. The number of esters is 1. The third-order valence-electron chi connectivity index (χ3n) is 5.92. The summed E-state index contributed by atoms with van der Waals surface area (Å²) in [5, 5.41) is 0. The molecule has 0 aromatic heterocycles. The molecule has 0 bridgehead atoms. The van der Waals surface area contributed by atoms with Crippen molar-refractivity contribution in [1.29, 1.82) is 0 Å². The van der Waals surface area contributed by atoms with Crippen molar-refractivity contribution < 1.29 is 18.3 Å². The maximum atomic E-state index is 13.2. The fourth-order valence-corrected chi connectivity index (χ4v) is 4.00. The monoisotopic (exact) mass is 453 g/mol. The Labute approximate surface area is 194 Å². The third kappa shape index (κ3) is 15.3. The fourth-order valence-electron chi connectivity index (χ4n) is 4.00. The lowest BCUT2D eigenvalue weighted by molar-refractivity contribution is -0.145. The molecule has 1 atom stereocenters. The van der Waals surface area contributed by atoms with Crippen LogP contribution in [-0.4, -0.2) is 18.6 Å². The zero-order valence-electron chi connectivity index (χ0n) is 20.2. The Morgan fingerprint density at radius 3 is 1.59 bits per heavy atom. The molecular formula is C27H45F2NO2. The molecule has 0 radical (unpaired) electrons. The molecule has 0 aliphatic carbocycles. The molecular weight excluding hydrogens is 408 g/mol. The van der Waals surface area contributed by atoms with E-state index in [4.69, 9.17) is 10.5 Å². The summed E-state index contributed by atoms with van der Waals surface area (Å²) in [5.74, 6) is -1.86. The number of carbonyl (C=O) groups is 1. The van der Waals surface area contributed by atoms with E-state index in [1.54, 1.807) is 0 Å². The number of halogens is 2. The summed E-state index contributed by atoms with van der Waals surface area (Å²) >= 11 is 0. The van der Waals surface area contributed by atoms with Gasteiger partial charge >= 0.3 is 5.97 Å². The molecule has 0 spiro atoms. The van der Waals surface area contributed by atoms with E-state index in [2.05, 4.69) is 6.92 Å². The molecule has 0 aliphatic heterocycles. The first-order valence-corrected chi connectivity index (χ1v) is 12.9. The number of rotatable bonds is 20. The van der Waals surface area contributed by atoms with E-state index in [1.807, 2.05) is 0 Å². The van der Waals surface area contributed by atoms with E-state index in [1.165, 1.54) is 95.6 Å². The first kappa shape index (κ1) is 28.5. The smallest absolute Gasteiger partial charge is 0.323 e. The average molecular weight is 454 g/mol. The maximum absolute atomic E-state index is 13.2. The Balaban J connectivity index is 1.88. The minimum Gasteiger partial charge on any atom is -0.465 e. The summed E-state index contributed by atoms with van der Waals surface area (Å²) in [4.78, 5) is 11.9. The van der Waals surface area contributed by atoms with Crippen molar-refractivity contribution in [2.45, 2.75) is 122 Å². The van der Waals surface area contributed by atoms with Crippen molar-refractivity contribution in [2.75, 3.05) is 6.61 Å².